The second-order valence-corrected chi connectivity index (χ2v) is 4.46. The second kappa shape index (κ2) is 4.20. The predicted molar refractivity (Wildman–Crippen MR) is 67.5 cm³/mol. The molecule has 1 aliphatic rings. The van der Waals surface area contributed by atoms with Crippen molar-refractivity contribution < 1.29 is 4.79 Å². The maximum Gasteiger partial charge on any atom is 0.153 e. The number of H-pyrrole nitrogens is 1. The molecular weight excluding hydrogens is 214 g/mol. The van der Waals surface area contributed by atoms with Crippen LogP contribution in [0.15, 0.2) is 18.5 Å². The molecule has 0 unspecified atom stereocenters. The molecule has 0 bridgehead atoms. The Labute approximate surface area is 99.6 Å². The van der Waals surface area contributed by atoms with Crippen molar-refractivity contribution in [1.29, 1.82) is 0 Å². The van der Waals surface area contributed by atoms with E-state index in [1.54, 1.807) is 12.4 Å². The van der Waals surface area contributed by atoms with Gasteiger partial charge in [-0.25, -0.2) is 0 Å². The van der Waals surface area contributed by atoms with Crippen LogP contribution in [0.1, 0.15) is 29.6 Å². The van der Waals surface area contributed by atoms with Gasteiger partial charge in [0.25, 0.3) is 0 Å². The predicted octanol–water partition coefficient (Wildman–Crippen LogP) is 2.37. The summed E-state index contributed by atoms with van der Waals surface area (Å²) in [4.78, 5) is 20.7. The molecule has 0 aliphatic carbocycles. The van der Waals surface area contributed by atoms with E-state index in [0.717, 1.165) is 30.4 Å². The van der Waals surface area contributed by atoms with Gasteiger partial charge in [-0.05, 0) is 25.3 Å². The standard InChI is InChI=1S/C13H15N3O/c17-9-10-8-15-13-11(4-5-14-12(10)13)16-6-2-1-3-7-16/h4-5,8-9,15H,1-3,6-7H2. The fraction of sp³-hybridized carbons (Fsp3) is 0.385. The van der Waals surface area contributed by atoms with Gasteiger partial charge in [-0.3, -0.25) is 9.78 Å². The third-order valence-electron chi connectivity index (χ3n) is 3.40. The summed E-state index contributed by atoms with van der Waals surface area (Å²) in [5.41, 5.74) is 3.57. The molecular formula is C13H15N3O. The number of anilines is 1. The highest BCUT2D eigenvalue weighted by Gasteiger charge is 2.15. The Balaban J connectivity index is 2.09. The van der Waals surface area contributed by atoms with E-state index in [9.17, 15) is 4.79 Å². The van der Waals surface area contributed by atoms with Gasteiger partial charge in [0.05, 0.1) is 16.8 Å². The number of aldehydes is 1. The van der Waals surface area contributed by atoms with Crippen molar-refractivity contribution in [3.63, 3.8) is 0 Å². The van der Waals surface area contributed by atoms with Gasteiger partial charge in [-0.15, -0.1) is 0 Å². The smallest absolute Gasteiger partial charge is 0.153 e. The Bertz CT molecular complexity index is 541. The number of fused-ring (bicyclic) bond motifs is 1. The lowest BCUT2D eigenvalue weighted by atomic mass is 10.1. The molecule has 17 heavy (non-hydrogen) atoms. The third kappa shape index (κ3) is 1.69. The molecule has 0 radical (unpaired) electrons. The molecule has 0 saturated carbocycles. The molecule has 88 valence electrons. The van der Waals surface area contributed by atoms with Gasteiger partial charge in [-0.1, -0.05) is 0 Å². The van der Waals surface area contributed by atoms with Crippen LogP contribution >= 0.6 is 0 Å². The van der Waals surface area contributed by atoms with Crippen LogP contribution in [0.2, 0.25) is 0 Å². The Morgan fingerprint density at radius 2 is 2.12 bits per heavy atom. The number of rotatable bonds is 2. The van der Waals surface area contributed by atoms with Crippen molar-refractivity contribution in [2.24, 2.45) is 0 Å². The molecule has 3 heterocycles. The summed E-state index contributed by atoms with van der Waals surface area (Å²) in [5.74, 6) is 0. The molecule has 2 aromatic rings. The number of piperidine rings is 1. The fourth-order valence-electron chi connectivity index (χ4n) is 2.52. The lowest BCUT2D eigenvalue weighted by Crippen LogP contribution is -2.29. The largest absolute Gasteiger partial charge is 0.370 e. The summed E-state index contributed by atoms with van der Waals surface area (Å²) in [6.07, 6.45) is 8.17. The number of carbonyl (C=O) groups is 1. The van der Waals surface area contributed by atoms with Crippen molar-refractivity contribution in [2.45, 2.75) is 19.3 Å². The van der Waals surface area contributed by atoms with Crippen LogP contribution < -0.4 is 4.90 Å². The van der Waals surface area contributed by atoms with Gasteiger partial charge in [0.2, 0.25) is 0 Å². The molecule has 1 N–H and O–H groups in total. The molecule has 3 rings (SSSR count). The zero-order chi connectivity index (χ0) is 11.7. The lowest BCUT2D eigenvalue weighted by Gasteiger charge is -2.29. The number of pyridine rings is 1. The van der Waals surface area contributed by atoms with E-state index in [1.807, 2.05) is 6.07 Å². The molecule has 1 aliphatic heterocycles. The lowest BCUT2D eigenvalue weighted by molar-refractivity contribution is 0.112. The summed E-state index contributed by atoms with van der Waals surface area (Å²) < 4.78 is 0. The minimum atomic E-state index is 0.638. The first kappa shape index (κ1) is 10.3. The minimum Gasteiger partial charge on any atom is -0.370 e. The topological polar surface area (TPSA) is 49.0 Å². The van der Waals surface area contributed by atoms with E-state index in [0.29, 0.717) is 5.56 Å². The van der Waals surface area contributed by atoms with Gasteiger partial charge in [0, 0.05) is 25.5 Å². The summed E-state index contributed by atoms with van der Waals surface area (Å²) in [7, 11) is 0. The third-order valence-corrected chi connectivity index (χ3v) is 3.40. The first-order valence-corrected chi connectivity index (χ1v) is 6.06. The fourth-order valence-corrected chi connectivity index (χ4v) is 2.52. The Morgan fingerprint density at radius 3 is 2.88 bits per heavy atom. The van der Waals surface area contributed by atoms with Crippen LogP contribution in [0, 0.1) is 0 Å². The van der Waals surface area contributed by atoms with Crippen LogP contribution in [-0.2, 0) is 0 Å². The summed E-state index contributed by atoms with van der Waals surface area (Å²) >= 11 is 0. The highest BCUT2D eigenvalue weighted by Crippen LogP contribution is 2.27. The maximum absolute atomic E-state index is 10.9. The number of nitrogens with zero attached hydrogens (tertiary/aromatic N) is 2. The molecule has 0 amide bonds. The maximum atomic E-state index is 10.9. The Hall–Kier alpha value is -1.84. The van der Waals surface area contributed by atoms with Crippen molar-refractivity contribution in [1.82, 2.24) is 9.97 Å². The van der Waals surface area contributed by atoms with Crippen LogP contribution in [0.25, 0.3) is 11.0 Å². The van der Waals surface area contributed by atoms with E-state index < -0.39 is 0 Å². The minimum absolute atomic E-state index is 0.638. The molecule has 0 aromatic carbocycles. The average molecular weight is 229 g/mol. The van der Waals surface area contributed by atoms with Crippen molar-refractivity contribution in [2.75, 3.05) is 18.0 Å². The SMILES string of the molecule is O=Cc1c[nH]c2c(N3CCCCC3)ccnc12. The average Bonchev–Trinajstić information content (AvgIpc) is 2.82. The van der Waals surface area contributed by atoms with Crippen LogP contribution in [-0.4, -0.2) is 29.3 Å². The van der Waals surface area contributed by atoms with Gasteiger partial charge < -0.3 is 9.88 Å². The highest BCUT2D eigenvalue weighted by atomic mass is 16.1. The molecule has 4 heteroatoms. The molecule has 1 saturated heterocycles. The van der Waals surface area contributed by atoms with E-state index in [1.165, 1.54) is 24.9 Å². The van der Waals surface area contributed by atoms with Crippen molar-refractivity contribution >= 4 is 23.0 Å². The van der Waals surface area contributed by atoms with E-state index >= 15 is 0 Å². The first-order valence-electron chi connectivity index (χ1n) is 6.06. The molecule has 0 atom stereocenters. The molecule has 0 spiro atoms. The van der Waals surface area contributed by atoms with Gasteiger partial charge in [0.1, 0.15) is 5.52 Å². The molecule has 2 aromatic heterocycles. The quantitative estimate of drug-likeness (QED) is 0.804. The second-order valence-electron chi connectivity index (χ2n) is 4.46. The Kier molecular flexibility index (Phi) is 2.55. The van der Waals surface area contributed by atoms with Crippen LogP contribution in [0.5, 0.6) is 0 Å². The van der Waals surface area contributed by atoms with E-state index in [-0.39, 0.29) is 0 Å². The molecule has 1 fully saturated rings. The van der Waals surface area contributed by atoms with Gasteiger partial charge in [-0.2, -0.15) is 0 Å². The summed E-state index contributed by atoms with van der Waals surface area (Å²) in [6, 6.07) is 2.03. The number of aromatic amines is 1. The molecule has 4 nitrogen and oxygen atoms in total. The number of hydrogen-bond donors (Lipinski definition) is 1. The van der Waals surface area contributed by atoms with Crippen LogP contribution in [0.4, 0.5) is 5.69 Å². The monoisotopic (exact) mass is 229 g/mol. The zero-order valence-corrected chi connectivity index (χ0v) is 9.65. The van der Waals surface area contributed by atoms with E-state index in [2.05, 4.69) is 14.9 Å². The number of aromatic nitrogens is 2. The normalized spacial score (nSPS) is 16.4. The van der Waals surface area contributed by atoms with Gasteiger partial charge in [0.15, 0.2) is 6.29 Å². The summed E-state index contributed by atoms with van der Waals surface area (Å²) in [5, 5.41) is 0. The highest BCUT2D eigenvalue weighted by molar-refractivity contribution is 5.99. The summed E-state index contributed by atoms with van der Waals surface area (Å²) in [6.45, 7) is 2.18. The zero-order valence-electron chi connectivity index (χ0n) is 9.65. The first-order chi connectivity index (χ1) is 8.40. The van der Waals surface area contributed by atoms with E-state index in [4.69, 9.17) is 0 Å². The van der Waals surface area contributed by atoms with Crippen molar-refractivity contribution in [3.05, 3.63) is 24.0 Å². The number of hydrogen-bond acceptors (Lipinski definition) is 3. The van der Waals surface area contributed by atoms with Crippen molar-refractivity contribution in [3.8, 4) is 0 Å². The number of carbonyl (C=O) groups excluding carboxylic acids is 1. The van der Waals surface area contributed by atoms with Crippen LogP contribution in [0.3, 0.4) is 0 Å². The van der Waals surface area contributed by atoms with Gasteiger partial charge >= 0.3 is 0 Å². The number of nitrogens with one attached hydrogen (secondary N) is 1. The Morgan fingerprint density at radius 1 is 1.29 bits per heavy atom.